The summed E-state index contributed by atoms with van der Waals surface area (Å²) in [5.74, 6) is 0.308. The number of nitrogens with zero attached hydrogens (tertiary/aromatic N) is 2. The largest absolute Gasteiger partial charge is 0.379 e. The zero-order valence-corrected chi connectivity index (χ0v) is 19.8. The van der Waals surface area contributed by atoms with Gasteiger partial charge in [-0.3, -0.25) is 14.7 Å². The number of carbonyl (C=O) groups is 1. The van der Waals surface area contributed by atoms with Gasteiger partial charge in [0.05, 0.1) is 19.6 Å². The number of aliphatic imine (C=N–C) groups is 1. The molecular weight excluding hydrogens is 488 g/mol. The molecule has 1 aliphatic heterocycles. The van der Waals surface area contributed by atoms with Gasteiger partial charge in [0.15, 0.2) is 5.96 Å². The number of hydrogen-bond donors (Lipinski definition) is 3. The van der Waals surface area contributed by atoms with Crippen LogP contribution in [0, 0.1) is 5.82 Å². The smallest absolute Gasteiger partial charge is 0.224 e. The van der Waals surface area contributed by atoms with Gasteiger partial charge in [-0.1, -0.05) is 12.1 Å². The second kappa shape index (κ2) is 13.0. The number of morpholine rings is 1. The average Bonchev–Trinajstić information content (AvgIpc) is 2.70. The van der Waals surface area contributed by atoms with Crippen LogP contribution in [0.4, 0.5) is 4.39 Å². The van der Waals surface area contributed by atoms with E-state index in [1.807, 2.05) is 0 Å². The lowest BCUT2D eigenvalue weighted by Crippen LogP contribution is -2.56. The van der Waals surface area contributed by atoms with Crippen molar-refractivity contribution in [1.82, 2.24) is 20.9 Å². The Morgan fingerprint density at radius 1 is 1.14 bits per heavy atom. The predicted octanol–water partition coefficient (Wildman–Crippen LogP) is 1.38. The molecule has 29 heavy (non-hydrogen) atoms. The summed E-state index contributed by atoms with van der Waals surface area (Å²) in [4.78, 5) is 18.6. The highest BCUT2D eigenvalue weighted by Crippen LogP contribution is 2.14. The van der Waals surface area contributed by atoms with E-state index in [4.69, 9.17) is 4.74 Å². The van der Waals surface area contributed by atoms with Crippen molar-refractivity contribution in [3.05, 3.63) is 35.6 Å². The quantitative estimate of drug-likeness (QED) is 0.209. The highest BCUT2D eigenvalue weighted by atomic mass is 127. The monoisotopic (exact) mass is 521 g/mol. The Hall–Kier alpha value is -1.46. The normalized spacial score (nSPS) is 15.4. The van der Waals surface area contributed by atoms with Crippen LogP contribution in [-0.2, 0) is 16.0 Å². The van der Waals surface area contributed by atoms with Gasteiger partial charge in [0, 0.05) is 45.3 Å². The molecule has 0 radical (unpaired) electrons. The number of amides is 1. The van der Waals surface area contributed by atoms with Crippen molar-refractivity contribution >= 4 is 35.8 Å². The number of benzene rings is 1. The van der Waals surface area contributed by atoms with Crippen LogP contribution in [0.3, 0.4) is 0 Å². The van der Waals surface area contributed by atoms with E-state index < -0.39 is 0 Å². The van der Waals surface area contributed by atoms with Crippen molar-refractivity contribution in [2.24, 2.45) is 4.99 Å². The van der Waals surface area contributed by atoms with Crippen LogP contribution in [0.1, 0.15) is 19.4 Å². The molecule has 0 aliphatic carbocycles. The van der Waals surface area contributed by atoms with Gasteiger partial charge in [-0.2, -0.15) is 0 Å². The molecule has 0 bridgehead atoms. The van der Waals surface area contributed by atoms with Crippen molar-refractivity contribution < 1.29 is 13.9 Å². The maximum absolute atomic E-state index is 12.9. The predicted molar refractivity (Wildman–Crippen MR) is 124 cm³/mol. The van der Waals surface area contributed by atoms with Crippen molar-refractivity contribution in [2.45, 2.75) is 25.8 Å². The van der Waals surface area contributed by atoms with E-state index in [-0.39, 0.29) is 47.7 Å². The average molecular weight is 521 g/mol. The van der Waals surface area contributed by atoms with Crippen LogP contribution in [0.15, 0.2) is 29.3 Å². The summed E-state index contributed by atoms with van der Waals surface area (Å²) < 4.78 is 18.3. The van der Waals surface area contributed by atoms with Gasteiger partial charge in [-0.15, -0.1) is 24.0 Å². The molecular formula is C20H33FIN5O2. The lowest BCUT2D eigenvalue weighted by atomic mass is 10.0. The highest BCUT2D eigenvalue weighted by molar-refractivity contribution is 14.0. The zero-order chi connectivity index (χ0) is 20.4. The van der Waals surface area contributed by atoms with Crippen LogP contribution >= 0.6 is 24.0 Å². The van der Waals surface area contributed by atoms with Gasteiger partial charge in [-0.25, -0.2) is 4.39 Å². The molecule has 1 heterocycles. The molecule has 1 amide bonds. The van der Waals surface area contributed by atoms with Crippen molar-refractivity contribution in [1.29, 1.82) is 0 Å². The number of nitrogens with one attached hydrogen (secondary N) is 3. The van der Waals surface area contributed by atoms with Gasteiger partial charge in [-0.05, 0) is 31.5 Å². The molecule has 2 rings (SSSR count). The van der Waals surface area contributed by atoms with Crippen LogP contribution in [0.5, 0.6) is 0 Å². The zero-order valence-electron chi connectivity index (χ0n) is 17.5. The van der Waals surface area contributed by atoms with E-state index in [9.17, 15) is 9.18 Å². The molecule has 164 valence electrons. The molecule has 1 saturated heterocycles. The summed E-state index contributed by atoms with van der Waals surface area (Å²) in [6, 6.07) is 5.96. The van der Waals surface area contributed by atoms with E-state index >= 15 is 0 Å². The first kappa shape index (κ1) is 25.6. The topological polar surface area (TPSA) is 78.0 Å². The van der Waals surface area contributed by atoms with Gasteiger partial charge in [0.2, 0.25) is 5.91 Å². The lowest BCUT2D eigenvalue weighted by molar-refractivity contribution is -0.120. The number of halogens is 2. The fraction of sp³-hybridized carbons (Fsp3) is 0.600. The summed E-state index contributed by atoms with van der Waals surface area (Å²) in [6.07, 6.45) is 0.237. The molecule has 0 spiro atoms. The Morgan fingerprint density at radius 3 is 2.38 bits per heavy atom. The van der Waals surface area contributed by atoms with E-state index in [1.54, 1.807) is 19.2 Å². The lowest BCUT2D eigenvalue weighted by Gasteiger charge is -2.41. The minimum atomic E-state index is -0.302. The molecule has 0 aromatic heterocycles. The minimum Gasteiger partial charge on any atom is -0.379 e. The van der Waals surface area contributed by atoms with Gasteiger partial charge >= 0.3 is 0 Å². The number of rotatable bonds is 8. The third kappa shape index (κ3) is 9.26. The Morgan fingerprint density at radius 2 is 1.76 bits per heavy atom. The van der Waals surface area contributed by atoms with Crippen molar-refractivity contribution in [2.75, 3.05) is 53.0 Å². The number of ether oxygens (including phenoxy) is 1. The second-order valence-corrected chi connectivity index (χ2v) is 7.42. The van der Waals surface area contributed by atoms with Crippen molar-refractivity contribution in [3.8, 4) is 0 Å². The first-order chi connectivity index (χ1) is 13.4. The first-order valence-corrected chi connectivity index (χ1v) is 9.69. The Balaban J connectivity index is 0.00000420. The summed E-state index contributed by atoms with van der Waals surface area (Å²) >= 11 is 0. The van der Waals surface area contributed by atoms with Crippen LogP contribution in [0.2, 0.25) is 0 Å². The second-order valence-electron chi connectivity index (χ2n) is 7.42. The van der Waals surface area contributed by atoms with Gasteiger partial charge in [0.25, 0.3) is 0 Å². The Bertz CT molecular complexity index is 649. The van der Waals surface area contributed by atoms with Crippen LogP contribution in [-0.4, -0.2) is 75.3 Å². The molecule has 0 atom stereocenters. The van der Waals surface area contributed by atoms with E-state index in [0.717, 1.165) is 38.4 Å². The SMILES string of the molecule is CN=C(NCCNC(=O)Cc1ccc(F)cc1)NCC(C)(C)N1CCOCC1.I. The molecule has 7 nitrogen and oxygen atoms in total. The third-order valence-corrected chi connectivity index (χ3v) is 4.80. The highest BCUT2D eigenvalue weighted by Gasteiger charge is 2.28. The van der Waals surface area contributed by atoms with E-state index in [1.165, 1.54) is 12.1 Å². The minimum absolute atomic E-state index is 0. The molecule has 3 N–H and O–H groups in total. The maximum Gasteiger partial charge on any atom is 0.224 e. The molecule has 1 fully saturated rings. The Labute approximate surface area is 189 Å². The summed E-state index contributed by atoms with van der Waals surface area (Å²) in [7, 11) is 1.73. The number of guanidine groups is 1. The third-order valence-electron chi connectivity index (χ3n) is 4.80. The summed E-state index contributed by atoms with van der Waals surface area (Å²) in [6.45, 7) is 9.61. The standard InChI is InChI=1S/C20H32FN5O2.HI/c1-20(2,26-10-12-28-13-11-26)15-25-19(22-3)24-9-8-23-18(27)14-16-4-6-17(21)7-5-16;/h4-7H,8-15H2,1-3H3,(H,23,27)(H2,22,24,25);1H. The van der Waals surface area contributed by atoms with Crippen LogP contribution in [0.25, 0.3) is 0 Å². The van der Waals surface area contributed by atoms with E-state index in [2.05, 4.69) is 39.7 Å². The summed E-state index contributed by atoms with van der Waals surface area (Å²) in [5, 5.41) is 9.40. The van der Waals surface area contributed by atoms with Gasteiger partial charge < -0.3 is 20.7 Å². The molecule has 1 aliphatic rings. The summed E-state index contributed by atoms with van der Waals surface area (Å²) in [5.41, 5.74) is 0.778. The maximum atomic E-state index is 12.9. The van der Waals surface area contributed by atoms with Gasteiger partial charge in [0.1, 0.15) is 5.82 Å². The van der Waals surface area contributed by atoms with Crippen molar-refractivity contribution in [3.63, 3.8) is 0 Å². The van der Waals surface area contributed by atoms with E-state index in [0.29, 0.717) is 19.0 Å². The Kier molecular flexibility index (Phi) is 11.4. The number of hydrogen-bond acceptors (Lipinski definition) is 4. The number of carbonyl (C=O) groups excluding carboxylic acids is 1. The van der Waals surface area contributed by atoms with Crippen LogP contribution < -0.4 is 16.0 Å². The fourth-order valence-electron chi connectivity index (χ4n) is 3.03. The molecule has 9 heteroatoms. The molecule has 0 unspecified atom stereocenters. The molecule has 1 aromatic carbocycles. The fourth-order valence-corrected chi connectivity index (χ4v) is 3.03. The molecule has 0 saturated carbocycles. The molecule has 1 aromatic rings. The first-order valence-electron chi connectivity index (χ1n) is 9.69.